The van der Waals surface area contributed by atoms with Gasteiger partial charge < -0.3 is 10.0 Å². The fourth-order valence-corrected chi connectivity index (χ4v) is 3.29. The fraction of sp³-hybridized carbons (Fsp3) is 0.562. The first kappa shape index (κ1) is 15.0. The van der Waals surface area contributed by atoms with E-state index in [0.29, 0.717) is 12.1 Å². The highest BCUT2D eigenvalue weighted by Gasteiger charge is 2.28. The number of aromatic nitrogens is 3. The van der Waals surface area contributed by atoms with Gasteiger partial charge in [-0.05, 0) is 25.8 Å². The molecule has 2 heterocycles. The van der Waals surface area contributed by atoms with Crippen molar-refractivity contribution in [1.82, 2.24) is 19.7 Å². The minimum atomic E-state index is -0.284. The van der Waals surface area contributed by atoms with Crippen LogP contribution in [0.15, 0.2) is 12.3 Å². The van der Waals surface area contributed by atoms with E-state index in [0.717, 1.165) is 36.0 Å². The lowest BCUT2D eigenvalue weighted by molar-refractivity contribution is 0.0695. The molecule has 2 aromatic rings. The van der Waals surface area contributed by atoms with E-state index in [4.69, 9.17) is 0 Å². The Morgan fingerprint density at radius 1 is 1.50 bits per heavy atom. The SMILES string of the molecule is Cc1cc(C(=O)N(C)CC2CCCC2O)c2cnn(C)c2n1. The zero-order chi connectivity index (χ0) is 15.9. The minimum Gasteiger partial charge on any atom is -0.393 e. The summed E-state index contributed by atoms with van der Waals surface area (Å²) >= 11 is 0. The van der Waals surface area contributed by atoms with Gasteiger partial charge in [-0.25, -0.2) is 4.98 Å². The molecule has 2 atom stereocenters. The quantitative estimate of drug-likeness (QED) is 0.933. The molecule has 2 aromatic heterocycles. The van der Waals surface area contributed by atoms with Gasteiger partial charge in [-0.15, -0.1) is 0 Å². The van der Waals surface area contributed by atoms with Gasteiger partial charge in [0.15, 0.2) is 5.65 Å². The van der Waals surface area contributed by atoms with E-state index in [1.165, 1.54) is 0 Å². The number of carbonyl (C=O) groups is 1. The van der Waals surface area contributed by atoms with Gasteiger partial charge in [-0.1, -0.05) is 6.42 Å². The lowest BCUT2D eigenvalue weighted by atomic mass is 10.0. The lowest BCUT2D eigenvalue weighted by Gasteiger charge is -2.23. The lowest BCUT2D eigenvalue weighted by Crippen LogP contribution is -2.34. The number of fused-ring (bicyclic) bond motifs is 1. The summed E-state index contributed by atoms with van der Waals surface area (Å²) < 4.78 is 1.68. The number of amides is 1. The predicted molar refractivity (Wildman–Crippen MR) is 83.6 cm³/mol. The molecule has 3 rings (SSSR count). The Labute approximate surface area is 129 Å². The smallest absolute Gasteiger partial charge is 0.254 e. The van der Waals surface area contributed by atoms with Crippen LogP contribution in [0.2, 0.25) is 0 Å². The number of aryl methyl sites for hydroxylation is 2. The Morgan fingerprint density at radius 2 is 2.27 bits per heavy atom. The summed E-state index contributed by atoms with van der Waals surface area (Å²) in [6.07, 6.45) is 4.26. The van der Waals surface area contributed by atoms with Crippen LogP contribution in [0.5, 0.6) is 0 Å². The highest BCUT2D eigenvalue weighted by molar-refractivity contribution is 6.05. The molecule has 0 radical (unpaired) electrons. The van der Waals surface area contributed by atoms with Gasteiger partial charge in [0.2, 0.25) is 0 Å². The van der Waals surface area contributed by atoms with Crippen LogP contribution in [0.1, 0.15) is 35.3 Å². The van der Waals surface area contributed by atoms with Crippen LogP contribution in [0, 0.1) is 12.8 Å². The maximum Gasteiger partial charge on any atom is 0.254 e. The van der Waals surface area contributed by atoms with Gasteiger partial charge in [0.1, 0.15) is 0 Å². The number of aliphatic hydroxyl groups is 1. The Morgan fingerprint density at radius 3 is 2.95 bits per heavy atom. The van der Waals surface area contributed by atoms with Crippen molar-refractivity contribution in [2.24, 2.45) is 13.0 Å². The third-order valence-corrected chi connectivity index (χ3v) is 4.54. The molecular weight excluding hydrogens is 280 g/mol. The predicted octanol–water partition coefficient (Wildman–Crippen LogP) is 1.51. The van der Waals surface area contributed by atoms with Crippen LogP contribution in [0.3, 0.4) is 0 Å². The first-order valence-electron chi connectivity index (χ1n) is 7.70. The summed E-state index contributed by atoms with van der Waals surface area (Å²) in [6, 6.07) is 1.81. The summed E-state index contributed by atoms with van der Waals surface area (Å²) in [5.74, 6) is 0.142. The maximum absolute atomic E-state index is 12.8. The van der Waals surface area contributed by atoms with E-state index in [-0.39, 0.29) is 17.9 Å². The zero-order valence-corrected chi connectivity index (χ0v) is 13.3. The van der Waals surface area contributed by atoms with Crippen molar-refractivity contribution >= 4 is 16.9 Å². The molecule has 0 saturated heterocycles. The van der Waals surface area contributed by atoms with Gasteiger partial charge in [0.25, 0.3) is 5.91 Å². The number of nitrogens with zero attached hydrogens (tertiary/aromatic N) is 4. The van der Waals surface area contributed by atoms with Crippen LogP contribution in [0.4, 0.5) is 0 Å². The summed E-state index contributed by atoms with van der Waals surface area (Å²) in [5, 5.41) is 14.9. The molecule has 1 fully saturated rings. The highest BCUT2D eigenvalue weighted by atomic mass is 16.3. The molecule has 0 spiro atoms. The van der Waals surface area contributed by atoms with Gasteiger partial charge >= 0.3 is 0 Å². The molecule has 1 aliphatic carbocycles. The summed E-state index contributed by atoms with van der Waals surface area (Å²) in [6.45, 7) is 2.47. The van der Waals surface area contributed by atoms with E-state index in [2.05, 4.69) is 10.1 Å². The van der Waals surface area contributed by atoms with Crippen molar-refractivity contribution in [1.29, 1.82) is 0 Å². The first-order valence-corrected chi connectivity index (χ1v) is 7.70. The van der Waals surface area contributed by atoms with Crippen LogP contribution < -0.4 is 0 Å². The largest absolute Gasteiger partial charge is 0.393 e. The molecule has 1 amide bonds. The molecule has 6 heteroatoms. The number of rotatable bonds is 3. The maximum atomic E-state index is 12.8. The number of pyridine rings is 1. The molecule has 0 aromatic carbocycles. The zero-order valence-electron chi connectivity index (χ0n) is 13.3. The van der Waals surface area contributed by atoms with Crippen molar-refractivity contribution in [3.63, 3.8) is 0 Å². The third kappa shape index (κ3) is 2.59. The summed E-state index contributed by atoms with van der Waals surface area (Å²) in [4.78, 5) is 18.9. The monoisotopic (exact) mass is 302 g/mol. The number of hydrogen-bond acceptors (Lipinski definition) is 4. The first-order chi connectivity index (χ1) is 10.5. The standard InChI is InChI=1S/C16H22N4O2/c1-10-7-12(13-8-17-20(3)15(13)18-10)16(22)19(2)9-11-5-4-6-14(11)21/h7-8,11,14,21H,4-6,9H2,1-3H3. The van der Waals surface area contributed by atoms with Crippen molar-refractivity contribution in [2.75, 3.05) is 13.6 Å². The highest BCUT2D eigenvalue weighted by Crippen LogP contribution is 2.27. The second-order valence-electron chi connectivity index (χ2n) is 6.26. The normalized spacial score (nSPS) is 21.5. The summed E-state index contributed by atoms with van der Waals surface area (Å²) in [5.41, 5.74) is 2.15. The number of aliphatic hydroxyl groups excluding tert-OH is 1. The second-order valence-corrected chi connectivity index (χ2v) is 6.26. The number of carbonyl (C=O) groups excluding carboxylic acids is 1. The molecule has 6 nitrogen and oxygen atoms in total. The molecule has 1 saturated carbocycles. The number of hydrogen-bond donors (Lipinski definition) is 1. The molecule has 22 heavy (non-hydrogen) atoms. The van der Waals surface area contributed by atoms with Crippen molar-refractivity contribution in [3.05, 3.63) is 23.5 Å². The van der Waals surface area contributed by atoms with Gasteiger partial charge in [-0.3, -0.25) is 9.48 Å². The Bertz CT molecular complexity index is 709. The van der Waals surface area contributed by atoms with Gasteiger partial charge in [0, 0.05) is 32.3 Å². The van der Waals surface area contributed by atoms with E-state index in [1.807, 2.05) is 20.0 Å². The van der Waals surface area contributed by atoms with Crippen LogP contribution in [-0.2, 0) is 7.05 Å². The average Bonchev–Trinajstić information content (AvgIpc) is 3.05. The topological polar surface area (TPSA) is 71.2 Å². The summed E-state index contributed by atoms with van der Waals surface area (Å²) in [7, 11) is 3.62. The third-order valence-electron chi connectivity index (χ3n) is 4.54. The molecule has 0 aliphatic heterocycles. The Hall–Kier alpha value is -1.95. The molecule has 118 valence electrons. The average molecular weight is 302 g/mol. The van der Waals surface area contributed by atoms with Crippen LogP contribution >= 0.6 is 0 Å². The van der Waals surface area contributed by atoms with Crippen LogP contribution in [-0.4, -0.2) is 50.4 Å². The second kappa shape index (κ2) is 5.68. The van der Waals surface area contributed by atoms with E-state index >= 15 is 0 Å². The van der Waals surface area contributed by atoms with Crippen molar-refractivity contribution in [3.8, 4) is 0 Å². The van der Waals surface area contributed by atoms with E-state index in [1.54, 1.807) is 22.8 Å². The minimum absolute atomic E-state index is 0.0393. The van der Waals surface area contributed by atoms with Gasteiger partial charge in [-0.2, -0.15) is 5.10 Å². The molecule has 1 aliphatic rings. The fourth-order valence-electron chi connectivity index (χ4n) is 3.29. The van der Waals surface area contributed by atoms with Crippen molar-refractivity contribution in [2.45, 2.75) is 32.3 Å². The van der Waals surface area contributed by atoms with Gasteiger partial charge in [0.05, 0.1) is 23.3 Å². The molecule has 0 bridgehead atoms. The van der Waals surface area contributed by atoms with E-state index in [9.17, 15) is 9.90 Å². The molecule has 1 N–H and O–H groups in total. The molecular formula is C16H22N4O2. The van der Waals surface area contributed by atoms with E-state index < -0.39 is 0 Å². The Balaban J connectivity index is 1.88. The molecule has 2 unspecified atom stereocenters. The Kier molecular flexibility index (Phi) is 3.87. The van der Waals surface area contributed by atoms with Crippen molar-refractivity contribution < 1.29 is 9.90 Å². The van der Waals surface area contributed by atoms with Crippen LogP contribution in [0.25, 0.3) is 11.0 Å².